The average Bonchev–Trinajstić information content (AvgIpc) is 2.28. The molecular formula is C8H10N2O4P+. The lowest BCUT2D eigenvalue weighted by molar-refractivity contribution is -0.142. The Balaban J connectivity index is 3.16. The van der Waals surface area contributed by atoms with E-state index < -0.39 is 25.8 Å². The predicted octanol–water partition coefficient (Wildman–Crippen LogP) is -0.337. The van der Waals surface area contributed by atoms with Crippen LogP contribution in [0.5, 0.6) is 0 Å². The molecule has 80 valence electrons. The summed E-state index contributed by atoms with van der Waals surface area (Å²) in [5.74, 6) is -1.44. The monoisotopic (exact) mass is 229 g/mol. The van der Waals surface area contributed by atoms with Crippen LogP contribution in [0.15, 0.2) is 24.4 Å². The molecule has 0 saturated carbocycles. The largest absolute Gasteiger partial charge is 0.480 e. The first-order valence-corrected chi connectivity index (χ1v) is 4.94. The van der Waals surface area contributed by atoms with Crippen LogP contribution in [0.3, 0.4) is 0 Å². The van der Waals surface area contributed by atoms with Crippen LogP contribution in [0.2, 0.25) is 0 Å². The Morgan fingerprint density at radius 1 is 1.60 bits per heavy atom. The SMILES string of the molecule is NC(C(=O)O)C(O)([PH+]=O)c1ccccn1. The topological polar surface area (TPSA) is 114 Å². The van der Waals surface area contributed by atoms with E-state index in [9.17, 15) is 14.5 Å². The smallest absolute Gasteiger partial charge is 0.368 e. The molecule has 0 saturated heterocycles. The highest BCUT2D eigenvalue weighted by Crippen LogP contribution is 2.33. The number of aliphatic carboxylic acids is 1. The van der Waals surface area contributed by atoms with Crippen molar-refractivity contribution in [1.29, 1.82) is 0 Å². The van der Waals surface area contributed by atoms with Crippen molar-refractivity contribution in [2.24, 2.45) is 5.73 Å². The highest BCUT2D eigenvalue weighted by atomic mass is 31.1. The number of hydrogen-bond acceptors (Lipinski definition) is 5. The van der Waals surface area contributed by atoms with Gasteiger partial charge in [0.05, 0.1) is 0 Å². The molecule has 1 rings (SSSR count). The van der Waals surface area contributed by atoms with Gasteiger partial charge in [0.15, 0.2) is 6.04 Å². The number of pyridine rings is 1. The maximum Gasteiger partial charge on any atom is 0.368 e. The fourth-order valence-electron chi connectivity index (χ4n) is 1.04. The maximum absolute atomic E-state index is 10.9. The Kier molecular flexibility index (Phi) is 3.47. The van der Waals surface area contributed by atoms with Gasteiger partial charge in [-0.05, 0) is 12.1 Å². The van der Waals surface area contributed by atoms with Crippen LogP contribution in [0.25, 0.3) is 0 Å². The lowest BCUT2D eigenvalue weighted by atomic mass is 10.1. The first-order chi connectivity index (χ1) is 7.02. The number of carbonyl (C=O) groups is 1. The van der Waals surface area contributed by atoms with Crippen molar-refractivity contribution in [2.75, 3.05) is 0 Å². The Morgan fingerprint density at radius 2 is 2.27 bits per heavy atom. The fraction of sp³-hybridized carbons (Fsp3) is 0.250. The molecule has 1 aromatic heterocycles. The summed E-state index contributed by atoms with van der Waals surface area (Å²) in [6, 6.07) is 2.82. The van der Waals surface area contributed by atoms with Crippen molar-refractivity contribution < 1.29 is 19.6 Å². The number of aromatic nitrogens is 1. The van der Waals surface area contributed by atoms with Gasteiger partial charge in [0.2, 0.25) is 0 Å². The van der Waals surface area contributed by atoms with Crippen LogP contribution in [0, 0.1) is 0 Å². The van der Waals surface area contributed by atoms with Crippen molar-refractivity contribution in [3.63, 3.8) is 0 Å². The Bertz CT molecular complexity index is 372. The molecule has 0 amide bonds. The third kappa shape index (κ3) is 2.18. The molecule has 0 fully saturated rings. The molecule has 0 radical (unpaired) electrons. The molecule has 0 aliphatic carbocycles. The van der Waals surface area contributed by atoms with Crippen molar-refractivity contribution in [1.82, 2.24) is 4.98 Å². The van der Waals surface area contributed by atoms with Gasteiger partial charge in [0, 0.05) is 6.20 Å². The molecule has 0 bridgehead atoms. The third-order valence-corrected chi connectivity index (χ3v) is 2.81. The van der Waals surface area contributed by atoms with Gasteiger partial charge in [-0.15, -0.1) is 0 Å². The lowest BCUT2D eigenvalue weighted by Crippen LogP contribution is -2.47. The number of nitrogens with two attached hydrogens (primary N) is 1. The molecular weight excluding hydrogens is 219 g/mol. The van der Waals surface area contributed by atoms with E-state index in [-0.39, 0.29) is 5.69 Å². The molecule has 3 atom stereocenters. The van der Waals surface area contributed by atoms with Gasteiger partial charge >= 0.3 is 19.8 Å². The minimum Gasteiger partial charge on any atom is -0.480 e. The third-order valence-electron chi connectivity index (χ3n) is 1.93. The summed E-state index contributed by atoms with van der Waals surface area (Å²) in [5, 5.41) is 16.4. The van der Waals surface area contributed by atoms with Crippen LogP contribution in [-0.4, -0.2) is 27.2 Å². The van der Waals surface area contributed by atoms with E-state index in [2.05, 4.69) is 4.98 Å². The summed E-state index contributed by atoms with van der Waals surface area (Å²) in [7, 11) is -1.31. The Morgan fingerprint density at radius 3 is 2.67 bits per heavy atom. The summed E-state index contributed by atoms with van der Waals surface area (Å²) in [6.07, 6.45) is 1.36. The van der Waals surface area contributed by atoms with Crippen LogP contribution in [-0.2, 0) is 14.7 Å². The van der Waals surface area contributed by atoms with Crippen LogP contribution >= 0.6 is 8.46 Å². The summed E-state index contributed by atoms with van der Waals surface area (Å²) in [5.41, 5.74) is 5.23. The number of nitrogens with zero attached hydrogens (tertiary/aromatic N) is 1. The summed E-state index contributed by atoms with van der Waals surface area (Å²) in [6.45, 7) is 0. The van der Waals surface area contributed by atoms with Gasteiger partial charge in [-0.1, -0.05) is 10.6 Å². The second kappa shape index (κ2) is 4.44. The normalized spacial score (nSPS) is 16.9. The zero-order valence-electron chi connectivity index (χ0n) is 7.62. The highest BCUT2D eigenvalue weighted by molar-refractivity contribution is 7.25. The highest BCUT2D eigenvalue weighted by Gasteiger charge is 2.50. The summed E-state index contributed by atoms with van der Waals surface area (Å²) < 4.78 is 10.9. The van der Waals surface area contributed by atoms with Gasteiger partial charge in [0.25, 0.3) is 0 Å². The molecule has 1 aromatic rings. The van der Waals surface area contributed by atoms with E-state index in [0.29, 0.717) is 0 Å². The van der Waals surface area contributed by atoms with Gasteiger partial charge in [0.1, 0.15) is 5.69 Å². The van der Waals surface area contributed by atoms with E-state index in [1.807, 2.05) is 0 Å². The zero-order chi connectivity index (χ0) is 11.5. The second-order valence-electron chi connectivity index (χ2n) is 2.90. The lowest BCUT2D eigenvalue weighted by Gasteiger charge is -2.17. The number of carboxylic acid groups (broad SMARTS) is 1. The molecule has 0 aromatic carbocycles. The minimum atomic E-state index is -2.15. The zero-order valence-corrected chi connectivity index (χ0v) is 8.62. The maximum atomic E-state index is 10.9. The molecule has 7 heteroatoms. The quantitative estimate of drug-likeness (QED) is 0.609. The molecule has 6 nitrogen and oxygen atoms in total. The Hall–Kier alpha value is -1.36. The predicted molar refractivity (Wildman–Crippen MR) is 52.7 cm³/mol. The Labute approximate surface area is 87.0 Å². The van der Waals surface area contributed by atoms with E-state index in [1.54, 1.807) is 12.1 Å². The number of aliphatic hydroxyl groups is 1. The first kappa shape index (κ1) is 11.7. The van der Waals surface area contributed by atoms with Crippen LogP contribution in [0.4, 0.5) is 0 Å². The van der Waals surface area contributed by atoms with E-state index in [4.69, 9.17) is 10.8 Å². The van der Waals surface area contributed by atoms with Crippen molar-refractivity contribution in [3.05, 3.63) is 30.1 Å². The van der Waals surface area contributed by atoms with Crippen LogP contribution < -0.4 is 5.73 Å². The van der Waals surface area contributed by atoms with E-state index >= 15 is 0 Å². The first-order valence-electron chi connectivity index (χ1n) is 4.04. The van der Waals surface area contributed by atoms with Gasteiger partial charge in [-0.25, -0.2) is 0 Å². The molecule has 0 spiro atoms. The number of rotatable bonds is 4. The molecule has 0 aliphatic rings. The van der Waals surface area contributed by atoms with E-state index in [1.165, 1.54) is 12.3 Å². The average molecular weight is 229 g/mol. The van der Waals surface area contributed by atoms with Crippen LogP contribution in [0.1, 0.15) is 5.69 Å². The molecule has 4 N–H and O–H groups in total. The van der Waals surface area contributed by atoms with E-state index in [0.717, 1.165) is 0 Å². The molecule has 1 heterocycles. The number of carboxylic acids is 1. The fourth-order valence-corrected chi connectivity index (χ4v) is 1.54. The van der Waals surface area contributed by atoms with Crippen molar-refractivity contribution >= 4 is 14.4 Å². The molecule has 3 unspecified atom stereocenters. The number of hydrogen-bond donors (Lipinski definition) is 3. The van der Waals surface area contributed by atoms with Crippen molar-refractivity contribution in [2.45, 2.75) is 11.4 Å². The second-order valence-corrected chi connectivity index (χ2v) is 3.87. The standard InChI is InChI=1S/C8H9N2O4P/c9-6(7(11)12)8(13,15-14)5-3-1-2-4-10-5/h1-4,6,13H,9H2,(H,11,12)/p+1. The summed E-state index contributed by atoms with van der Waals surface area (Å²) in [4.78, 5) is 14.4. The minimum absolute atomic E-state index is 0.0202. The van der Waals surface area contributed by atoms with Crippen molar-refractivity contribution in [3.8, 4) is 0 Å². The molecule has 15 heavy (non-hydrogen) atoms. The van der Waals surface area contributed by atoms with Gasteiger partial charge < -0.3 is 15.9 Å². The summed E-state index contributed by atoms with van der Waals surface area (Å²) >= 11 is 0. The van der Waals surface area contributed by atoms with Gasteiger partial charge in [-0.3, -0.25) is 9.78 Å². The van der Waals surface area contributed by atoms with Gasteiger partial charge in [-0.2, -0.15) is 0 Å². The molecule has 0 aliphatic heterocycles.